The van der Waals surface area contributed by atoms with Crippen molar-refractivity contribution in [3.8, 4) is 35.3 Å². The molecule has 31 heavy (non-hydrogen) atoms. The molecule has 1 amide bonds. The summed E-state index contributed by atoms with van der Waals surface area (Å²) in [7, 11) is 1.62. The minimum atomic E-state index is -0.156. The summed E-state index contributed by atoms with van der Waals surface area (Å²) in [6, 6.07) is 13.2. The Morgan fingerprint density at radius 2 is 2.00 bits per heavy atom. The first-order chi connectivity index (χ1) is 15.1. The zero-order chi connectivity index (χ0) is 21.8. The molecule has 0 saturated heterocycles. The van der Waals surface area contributed by atoms with Gasteiger partial charge in [-0.25, -0.2) is 4.68 Å². The number of methoxy groups -OCH3 is 1. The number of ether oxygens (including phenoxy) is 3. The maximum absolute atomic E-state index is 12.6. The first-order valence-electron chi connectivity index (χ1n) is 9.99. The predicted molar refractivity (Wildman–Crippen MR) is 117 cm³/mol. The van der Waals surface area contributed by atoms with Crippen LogP contribution in [0.4, 0.5) is 5.82 Å². The second-order valence-electron chi connectivity index (χ2n) is 7.00. The third-order valence-corrected chi connectivity index (χ3v) is 5.12. The molecule has 1 atom stereocenters. The highest BCUT2D eigenvalue weighted by atomic mass is 16.5. The van der Waals surface area contributed by atoms with Crippen molar-refractivity contribution in [2.24, 2.45) is 0 Å². The van der Waals surface area contributed by atoms with E-state index in [1.807, 2.05) is 49.4 Å². The molecule has 0 radical (unpaired) electrons. The number of carbonyl (C=O) groups is 1. The molecule has 2 aromatic carbocycles. The summed E-state index contributed by atoms with van der Waals surface area (Å²) < 4.78 is 18.3. The lowest BCUT2D eigenvalue weighted by Gasteiger charge is -2.24. The molecular weight excluding hydrogens is 394 g/mol. The van der Waals surface area contributed by atoms with Crippen LogP contribution in [-0.2, 0) is 4.79 Å². The minimum absolute atomic E-state index is 0.0709. The number of hydrogen-bond acceptors (Lipinski definition) is 5. The van der Waals surface area contributed by atoms with Crippen molar-refractivity contribution in [1.29, 1.82) is 0 Å². The number of rotatable bonds is 7. The zero-order valence-corrected chi connectivity index (χ0v) is 17.4. The number of nitrogens with zero attached hydrogens (tertiary/aromatic N) is 2. The molecule has 1 aliphatic rings. The Morgan fingerprint density at radius 1 is 1.19 bits per heavy atom. The van der Waals surface area contributed by atoms with Gasteiger partial charge in [0.2, 0.25) is 5.91 Å². The van der Waals surface area contributed by atoms with Gasteiger partial charge >= 0.3 is 0 Å². The van der Waals surface area contributed by atoms with Crippen molar-refractivity contribution in [1.82, 2.24) is 9.78 Å². The Labute approximate surface area is 180 Å². The smallest absolute Gasteiger partial charge is 0.226 e. The van der Waals surface area contributed by atoms with E-state index in [4.69, 9.17) is 20.6 Å². The first-order valence-corrected chi connectivity index (χ1v) is 9.99. The number of aromatic nitrogens is 2. The van der Waals surface area contributed by atoms with Gasteiger partial charge in [-0.15, -0.1) is 6.42 Å². The third-order valence-electron chi connectivity index (χ3n) is 5.12. The van der Waals surface area contributed by atoms with E-state index in [0.717, 1.165) is 22.6 Å². The Kier molecular flexibility index (Phi) is 5.80. The first kappa shape index (κ1) is 20.4. The molecule has 1 aliphatic heterocycles. The molecule has 7 heteroatoms. The highest BCUT2D eigenvalue weighted by molar-refractivity contribution is 5.94. The van der Waals surface area contributed by atoms with Crippen LogP contribution in [0.25, 0.3) is 5.69 Å². The molecule has 4 rings (SSSR count). The second kappa shape index (κ2) is 8.84. The Bertz CT molecular complexity index is 1130. The molecule has 3 aromatic rings. The predicted octanol–water partition coefficient (Wildman–Crippen LogP) is 3.77. The van der Waals surface area contributed by atoms with Gasteiger partial charge < -0.3 is 19.5 Å². The summed E-state index contributed by atoms with van der Waals surface area (Å²) in [4.78, 5) is 12.6. The molecule has 1 aromatic heterocycles. The summed E-state index contributed by atoms with van der Waals surface area (Å²) in [5.74, 6) is 4.83. The van der Waals surface area contributed by atoms with Crippen LogP contribution in [0.15, 0.2) is 48.7 Å². The van der Waals surface area contributed by atoms with Gasteiger partial charge in [-0.05, 0) is 48.9 Å². The van der Waals surface area contributed by atoms with Gasteiger partial charge in [0.05, 0.1) is 25.6 Å². The number of nitrogens with one attached hydrogen (secondary N) is 1. The molecule has 1 unspecified atom stereocenters. The topological polar surface area (TPSA) is 74.6 Å². The summed E-state index contributed by atoms with van der Waals surface area (Å²) in [5.41, 5.74) is 2.72. The van der Waals surface area contributed by atoms with E-state index in [0.29, 0.717) is 30.3 Å². The molecule has 0 aliphatic carbocycles. The van der Waals surface area contributed by atoms with Gasteiger partial charge in [0.15, 0.2) is 11.5 Å². The SMILES string of the molecule is C#CCOc1ccc(C2CC(=O)Nc3c2cnn3-c2ccc(OC)cc2)cc1OCC. The van der Waals surface area contributed by atoms with Gasteiger partial charge in [0.25, 0.3) is 0 Å². The number of amides is 1. The fraction of sp³-hybridized carbons (Fsp3) is 0.250. The van der Waals surface area contributed by atoms with Crippen LogP contribution in [0.3, 0.4) is 0 Å². The largest absolute Gasteiger partial charge is 0.497 e. The Hall–Kier alpha value is -3.92. The fourth-order valence-corrected chi connectivity index (χ4v) is 3.68. The summed E-state index contributed by atoms with van der Waals surface area (Å²) in [6.07, 6.45) is 7.42. The van der Waals surface area contributed by atoms with Crippen LogP contribution in [-0.4, -0.2) is 36.0 Å². The standard InChI is InChI=1S/C24H23N3O4/c1-4-12-31-21-11-6-16(13-22(21)30-5-2)19-14-23(28)26-24-20(19)15-25-27(24)17-7-9-18(29-3)10-8-17/h1,6-11,13,15,19H,5,12,14H2,2-3H3,(H,26,28). The number of benzene rings is 2. The summed E-state index contributed by atoms with van der Waals surface area (Å²) in [5, 5.41) is 7.50. The normalized spacial score (nSPS) is 14.9. The zero-order valence-electron chi connectivity index (χ0n) is 17.4. The minimum Gasteiger partial charge on any atom is -0.497 e. The van der Waals surface area contributed by atoms with Crippen LogP contribution >= 0.6 is 0 Å². The van der Waals surface area contributed by atoms with Gasteiger partial charge in [-0.1, -0.05) is 12.0 Å². The van der Waals surface area contributed by atoms with E-state index < -0.39 is 0 Å². The van der Waals surface area contributed by atoms with E-state index in [1.165, 1.54) is 0 Å². The van der Waals surface area contributed by atoms with Crippen molar-refractivity contribution < 1.29 is 19.0 Å². The second-order valence-corrected chi connectivity index (χ2v) is 7.00. The van der Waals surface area contributed by atoms with Crippen molar-refractivity contribution in [3.05, 3.63) is 59.8 Å². The Morgan fingerprint density at radius 3 is 2.71 bits per heavy atom. The fourth-order valence-electron chi connectivity index (χ4n) is 3.68. The number of terminal acetylenes is 1. The lowest BCUT2D eigenvalue weighted by Crippen LogP contribution is -2.24. The van der Waals surface area contributed by atoms with Gasteiger partial charge in [-0.2, -0.15) is 5.10 Å². The molecule has 158 valence electrons. The molecule has 2 heterocycles. The van der Waals surface area contributed by atoms with Gasteiger partial charge in [0.1, 0.15) is 18.2 Å². The molecular formula is C24H23N3O4. The van der Waals surface area contributed by atoms with Crippen molar-refractivity contribution in [3.63, 3.8) is 0 Å². The molecule has 0 saturated carbocycles. The average Bonchev–Trinajstić information content (AvgIpc) is 3.21. The van der Waals surface area contributed by atoms with Gasteiger partial charge in [0, 0.05) is 17.9 Å². The molecule has 0 fully saturated rings. The van der Waals surface area contributed by atoms with E-state index in [9.17, 15) is 4.79 Å². The highest BCUT2D eigenvalue weighted by Gasteiger charge is 2.31. The van der Waals surface area contributed by atoms with E-state index in [-0.39, 0.29) is 18.4 Å². The quantitative estimate of drug-likeness (QED) is 0.593. The maximum atomic E-state index is 12.6. The summed E-state index contributed by atoms with van der Waals surface area (Å²) in [6.45, 7) is 2.55. The monoisotopic (exact) mass is 417 g/mol. The lowest BCUT2D eigenvalue weighted by molar-refractivity contribution is -0.116. The maximum Gasteiger partial charge on any atom is 0.226 e. The number of carbonyl (C=O) groups excluding carboxylic acids is 1. The van der Waals surface area contributed by atoms with Crippen molar-refractivity contribution in [2.75, 3.05) is 25.6 Å². The van der Waals surface area contributed by atoms with E-state index in [2.05, 4.69) is 16.3 Å². The lowest BCUT2D eigenvalue weighted by atomic mass is 9.87. The number of fused-ring (bicyclic) bond motifs is 1. The van der Waals surface area contributed by atoms with Gasteiger partial charge in [-0.3, -0.25) is 4.79 Å². The summed E-state index contributed by atoms with van der Waals surface area (Å²) >= 11 is 0. The third kappa shape index (κ3) is 4.05. The van der Waals surface area contributed by atoms with E-state index in [1.54, 1.807) is 18.0 Å². The van der Waals surface area contributed by atoms with E-state index >= 15 is 0 Å². The Balaban J connectivity index is 1.72. The molecule has 0 spiro atoms. The molecule has 1 N–H and O–H groups in total. The molecule has 0 bridgehead atoms. The molecule has 7 nitrogen and oxygen atoms in total. The number of anilines is 1. The highest BCUT2D eigenvalue weighted by Crippen LogP contribution is 2.41. The van der Waals surface area contributed by atoms with Crippen LogP contribution in [0.1, 0.15) is 30.4 Å². The van der Waals surface area contributed by atoms with Crippen LogP contribution in [0.2, 0.25) is 0 Å². The average molecular weight is 417 g/mol. The van der Waals surface area contributed by atoms with Crippen LogP contribution < -0.4 is 19.5 Å². The van der Waals surface area contributed by atoms with Crippen molar-refractivity contribution >= 4 is 11.7 Å². The van der Waals surface area contributed by atoms with Crippen LogP contribution in [0, 0.1) is 12.3 Å². The van der Waals surface area contributed by atoms with Crippen LogP contribution in [0.5, 0.6) is 17.2 Å². The number of hydrogen-bond donors (Lipinski definition) is 1. The van der Waals surface area contributed by atoms with Crippen molar-refractivity contribution in [2.45, 2.75) is 19.3 Å².